The third kappa shape index (κ3) is 7.80. The van der Waals surface area contributed by atoms with Crippen LogP contribution in [0, 0.1) is 21.7 Å². The van der Waals surface area contributed by atoms with Crippen LogP contribution in [0.15, 0.2) is 0 Å². The van der Waals surface area contributed by atoms with Gasteiger partial charge >= 0.3 is 11.9 Å². The predicted octanol–water partition coefficient (Wildman–Crippen LogP) is 9.11. The molecule has 0 radical (unpaired) electrons. The first kappa shape index (κ1) is 37.6. The lowest BCUT2D eigenvalue weighted by atomic mass is 9.57. The molecule has 0 aromatic heterocycles. The summed E-state index contributed by atoms with van der Waals surface area (Å²) >= 11 is 27.5. The highest BCUT2D eigenvalue weighted by molar-refractivity contribution is 6.36. The van der Waals surface area contributed by atoms with E-state index in [1.54, 1.807) is 13.8 Å². The number of halogens is 4. The molecule has 2 saturated carbocycles. The second kappa shape index (κ2) is 13.8. The van der Waals surface area contributed by atoms with E-state index in [0.717, 1.165) is 25.7 Å². The summed E-state index contributed by atoms with van der Waals surface area (Å²) in [6, 6.07) is 0. The molecule has 2 aliphatic rings. The number of unbranched alkanes of at least 4 members (excludes halogenated alkanes) is 4. The minimum absolute atomic E-state index is 0.0732. The molecule has 2 aliphatic carbocycles. The van der Waals surface area contributed by atoms with E-state index in [4.69, 9.17) is 56.2 Å². The summed E-state index contributed by atoms with van der Waals surface area (Å²) in [5.41, 5.74) is -4.79. The van der Waals surface area contributed by atoms with Gasteiger partial charge in [-0.2, -0.15) is 0 Å². The summed E-state index contributed by atoms with van der Waals surface area (Å²) in [7, 11) is 0. The van der Waals surface area contributed by atoms with E-state index in [0.29, 0.717) is 25.7 Å². The Kier molecular flexibility index (Phi) is 12.4. The van der Waals surface area contributed by atoms with Gasteiger partial charge < -0.3 is 0 Å². The summed E-state index contributed by atoms with van der Waals surface area (Å²) in [5, 5.41) is -2.24. The average Bonchev–Trinajstić information content (AvgIpc) is 2.85. The number of alkyl halides is 4. The average molecular weight is 673 g/mol. The molecule has 2 rings (SSSR count). The van der Waals surface area contributed by atoms with Gasteiger partial charge in [0, 0.05) is 12.8 Å². The van der Waals surface area contributed by atoms with Crippen LogP contribution in [0.4, 0.5) is 0 Å². The highest BCUT2D eigenvalue weighted by Crippen LogP contribution is 2.58. The van der Waals surface area contributed by atoms with Gasteiger partial charge in [0.2, 0.25) is 0 Å². The Hall–Kier alpha value is -0.560. The quantitative estimate of drug-likeness (QED) is 0.0676. The molecule has 0 bridgehead atoms. The van der Waals surface area contributed by atoms with E-state index in [9.17, 15) is 19.2 Å². The maximum Gasteiger partial charge on any atom is 0.370 e. The van der Waals surface area contributed by atoms with Crippen molar-refractivity contribution >= 4 is 69.9 Å². The van der Waals surface area contributed by atoms with Gasteiger partial charge in [0.1, 0.15) is 10.8 Å². The molecule has 6 unspecified atom stereocenters. The first-order chi connectivity index (χ1) is 19.1. The van der Waals surface area contributed by atoms with Crippen LogP contribution in [0.2, 0.25) is 0 Å². The molecule has 6 atom stereocenters. The number of Topliss-reactive ketones (excluding diaryl/α,β-unsaturated/α-hetero) is 2. The van der Waals surface area contributed by atoms with Crippen molar-refractivity contribution in [3.63, 3.8) is 0 Å². The Morgan fingerprint density at radius 2 is 0.905 bits per heavy atom. The molecule has 0 saturated heterocycles. The van der Waals surface area contributed by atoms with Crippen LogP contribution in [0.3, 0.4) is 0 Å². The standard InChI is InChI=1S/C32H50Cl4O6/c1-9-11-13-15-21(37)31(19-27(3,4)17-29(7,35)23(31)33)25(39)41-42-26(40)32(22(38)16-14-12-10-2)20-28(5,6)18-30(8,36)24(32)34/h23-24H,9-20H2,1-8H3. The predicted molar refractivity (Wildman–Crippen MR) is 169 cm³/mol. The highest BCUT2D eigenvalue weighted by Gasteiger charge is 2.66. The summed E-state index contributed by atoms with van der Waals surface area (Å²) in [4.78, 5) is 63.9. The van der Waals surface area contributed by atoms with Crippen molar-refractivity contribution < 1.29 is 29.0 Å². The molecule has 6 nitrogen and oxygen atoms in total. The number of hydrogen-bond acceptors (Lipinski definition) is 6. The van der Waals surface area contributed by atoms with Crippen molar-refractivity contribution in [3.8, 4) is 0 Å². The SMILES string of the molecule is CCCCCC(=O)C1(C(=O)OOC(=O)C2(C(=O)CCCCC)CC(C)(C)CC(C)(Cl)C2Cl)CC(C)(C)CC(C)(Cl)C1Cl. The summed E-state index contributed by atoms with van der Waals surface area (Å²) in [5.74, 6) is -2.96. The van der Waals surface area contributed by atoms with Crippen molar-refractivity contribution in [3.05, 3.63) is 0 Å². The number of carbonyl (C=O) groups is 4. The molecule has 10 heteroatoms. The normalized spacial score (nSPS) is 35.7. The van der Waals surface area contributed by atoms with Crippen molar-refractivity contribution in [2.24, 2.45) is 21.7 Å². The Bertz CT molecular complexity index is 942. The number of ketones is 2. The first-order valence-corrected chi connectivity index (χ1v) is 16.9. The molecule has 242 valence electrons. The van der Waals surface area contributed by atoms with Gasteiger partial charge in [-0.1, -0.05) is 67.2 Å². The van der Waals surface area contributed by atoms with Gasteiger partial charge in [0.05, 0.1) is 20.5 Å². The Morgan fingerprint density at radius 1 is 0.595 bits per heavy atom. The van der Waals surface area contributed by atoms with Gasteiger partial charge in [-0.25, -0.2) is 19.4 Å². The van der Waals surface area contributed by atoms with Gasteiger partial charge in [0.15, 0.2) is 11.6 Å². The van der Waals surface area contributed by atoms with E-state index >= 15 is 0 Å². The molecule has 0 N–H and O–H groups in total. The molecule has 0 aromatic carbocycles. The minimum atomic E-state index is -1.85. The van der Waals surface area contributed by atoms with Crippen molar-refractivity contribution in [1.82, 2.24) is 0 Å². The molecule has 0 aliphatic heterocycles. The zero-order valence-corrected chi connectivity index (χ0v) is 29.6. The Labute approximate surface area is 272 Å². The fraction of sp³-hybridized carbons (Fsp3) is 0.875. The van der Waals surface area contributed by atoms with Crippen LogP contribution in [-0.2, 0) is 29.0 Å². The first-order valence-electron chi connectivity index (χ1n) is 15.3. The van der Waals surface area contributed by atoms with Crippen LogP contribution < -0.4 is 0 Å². The van der Waals surface area contributed by atoms with Crippen LogP contribution >= 0.6 is 46.4 Å². The van der Waals surface area contributed by atoms with Gasteiger partial charge in [-0.3, -0.25) is 9.59 Å². The van der Waals surface area contributed by atoms with Gasteiger partial charge in [-0.05, 0) is 63.2 Å². The Morgan fingerprint density at radius 3 is 1.19 bits per heavy atom. The summed E-state index contributed by atoms with van der Waals surface area (Å²) < 4.78 is 0. The number of rotatable bonds is 12. The van der Waals surface area contributed by atoms with Crippen LogP contribution in [-0.4, -0.2) is 44.0 Å². The topological polar surface area (TPSA) is 86.7 Å². The molecule has 0 spiro atoms. The molecule has 0 amide bonds. The van der Waals surface area contributed by atoms with Crippen molar-refractivity contribution in [2.45, 2.75) is 153 Å². The van der Waals surface area contributed by atoms with E-state index < -0.39 is 65.7 Å². The fourth-order valence-corrected chi connectivity index (χ4v) is 9.52. The lowest BCUT2D eigenvalue weighted by Crippen LogP contribution is -2.62. The molecule has 2 fully saturated rings. The third-order valence-corrected chi connectivity index (χ3v) is 11.7. The molecule has 0 aromatic rings. The lowest BCUT2D eigenvalue weighted by Gasteiger charge is -2.52. The monoisotopic (exact) mass is 670 g/mol. The largest absolute Gasteiger partial charge is 0.370 e. The zero-order valence-electron chi connectivity index (χ0n) is 26.6. The smallest absolute Gasteiger partial charge is 0.298 e. The van der Waals surface area contributed by atoms with E-state index in [-0.39, 0.29) is 25.7 Å². The number of hydrogen-bond donors (Lipinski definition) is 0. The van der Waals surface area contributed by atoms with Gasteiger partial charge in [-0.15, -0.1) is 46.4 Å². The Balaban J connectivity index is 2.50. The molecule has 42 heavy (non-hydrogen) atoms. The maximum atomic E-state index is 14.0. The van der Waals surface area contributed by atoms with E-state index in [1.807, 2.05) is 41.5 Å². The van der Waals surface area contributed by atoms with Gasteiger partial charge in [0.25, 0.3) is 0 Å². The van der Waals surface area contributed by atoms with Crippen molar-refractivity contribution in [2.75, 3.05) is 0 Å². The highest BCUT2D eigenvalue weighted by atomic mass is 35.5. The second-order valence-corrected chi connectivity index (χ2v) is 17.4. The fourth-order valence-electron chi connectivity index (χ4n) is 7.69. The second-order valence-electron chi connectivity index (χ2n) is 14.8. The van der Waals surface area contributed by atoms with Crippen LogP contribution in [0.5, 0.6) is 0 Å². The molecular weight excluding hydrogens is 622 g/mol. The lowest BCUT2D eigenvalue weighted by molar-refractivity contribution is -0.275. The zero-order chi connectivity index (χ0) is 32.4. The molecular formula is C32H50Cl4O6. The third-order valence-electron chi connectivity index (χ3n) is 9.02. The summed E-state index contributed by atoms with van der Waals surface area (Å²) in [6.07, 6.45) is 5.77. The minimum Gasteiger partial charge on any atom is -0.298 e. The van der Waals surface area contributed by atoms with Crippen molar-refractivity contribution in [1.29, 1.82) is 0 Å². The van der Waals surface area contributed by atoms with E-state index in [2.05, 4.69) is 0 Å². The maximum absolute atomic E-state index is 14.0. The summed E-state index contributed by atoms with van der Waals surface area (Å²) in [6.45, 7) is 15.1. The van der Waals surface area contributed by atoms with E-state index in [1.165, 1.54) is 0 Å². The van der Waals surface area contributed by atoms with Crippen LogP contribution in [0.1, 0.15) is 132 Å². The number of carbonyl (C=O) groups excluding carboxylic acids is 4. The molecule has 0 heterocycles. The van der Waals surface area contributed by atoms with Crippen LogP contribution in [0.25, 0.3) is 0 Å².